The largest absolute Gasteiger partial charge is 0.397 e. The maximum atomic E-state index is 5.96. The van der Waals surface area contributed by atoms with Crippen LogP contribution in [0.25, 0.3) is 10.9 Å². The van der Waals surface area contributed by atoms with Crippen LogP contribution in [0.1, 0.15) is 32.1 Å². The van der Waals surface area contributed by atoms with Gasteiger partial charge in [-0.25, -0.2) is 0 Å². The zero-order valence-corrected chi connectivity index (χ0v) is 12.3. The van der Waals surface area contributed by atoms with Gasteiger partial charge in [-0.05, 0) is 25.0 Å². The molecule has 1 aromatic heterocycles. The predicted molar refractivity (Wildman–Crippen MR) is 87.5 cm³/mol. The Morgan fingerprint density at radius 3 is 2.90 bits per heavy atom. The topological polar surface area (TPSA) is 60.2 Å². The van der Waals surface area contributed by atoms with Crippen LogP contribution in [0, 0.1) is 0 Å². The molecule has 112 valence electrons. The minimum absolute atomic E-state index is 0.463. The molecule has 1 heterocycles. The van der Waals surface area contributed by atoms with Gasteiger partial charge in [0.1, 0.15) is 0 Å². The monoisotopic (exact) mass is 285 g/mol. The number of ether oxygens (including phenoxy) is 1. The Morgan fingerprint density at radius 2 is 2.05 bits per heavy atom. The van der Waals surface area contributed by atoms with Gasteiger partial charge in [0.2, 0.25) is 0 Å². The summed E-state index contributed by atoms with van der Waals surface area (Å²) in [6, 6.07) is 7.87. The van der Waals surface area contributed by atoms with Gasteiger partial charge >= 0.3 is 0 Å². The molecule has 1 aliphatic carbocycles. The van der Waals surface area contributed by atoms with E-state index >= 15 is 0 Å². The average molecular weight is 285 g/mol. The van der Waals surface area contributed by atoms with E-state index in [1.54, 1.807) is 6.20 Å². The predicted octanol–water partition coefficient (Wildman–Crippen LogP) is 3.58. The van der Waals surface area contributed by atoms with Crippen molar-refractivity contribution in [1.29, 1.82) is 0 Å². The summed E-state index contributed by atoms with van der Waals surface area (Å²) in [7, 11) is 0. The van der Waals surface area contributed by atoms with Gasteiger partial charge in [0.15, 0.2) is 0 Å². The number of benzene rings is 1. The van der Waals surface area contributed by atoms with Crippen LogP contribution in [0.15, 0.2) is 30.5 Å². The second-order valence-electron chi connectivity index (χ2n) is 5.66. The molecule has 0 spiro atoms. The number of nitrogen functional groups attached to an aromatic ring is 1. The van der Waals surface area contributed by atoms with Crippen molar-refractivity contribution in [2.75, 3.05) is 24.2 Å². The second kappa shape index (κ2) is 6.76. The molecular weight excluding hydrogens is 262 g/mol. The number of nitrogens with two attached hydrogens (primary N) is 1. The molecule has 0 radical (unpaired) electrons. The Balaban J connectivity index is 1.57. The molecule has 0 unspecified atom stereocenters. The smallest absolute Gasteiger partial charge is 0.0951 e. The second-order valence-corrected chi connectivity index (χ2v) is 5.66. The third-order valence-electron chi connectivity index (χ3n) is 4.13. The van der Waals surface area contributed by atoms with Crippen LogP contribution >= 0.6 is 0 Å². The van der Waals surface area contributed by atoms with E-state index in [0.29, 0.717) is 6.10 Å². The minimum Gasteiger partial charge on any atom is -0.397 e. The third-order valence-corrected chi connectivity index (χ3v) is 4.13. The molecule has 2 aromatic rings. The van der Waals surface area contributed by atoms with Crippen molar-refractivity contribution < 1.29 is 4.74 Å². The van der Waals surface area contributed by atoms with Crippen LogP contribution in [-0.4, -0.2) is 24.2 Å². The fourth-order valence-corrected chi connectivity index (χ4v) is 3.00. The van der Waals surface area contributed by atoms with E-state index in [2.05, 4.69) is 10.3 Å². The number of nitrogens with one attached hydrogen (secondary N) is 1. The van der Waals surface area contributed by atoms with Crippen molar-refractivity contribution in [2.45, 2.75) is 38.2 Å². The molecule has 0 bridgehead atoms. The van der Waals surface area contributed by atoms with Crippen LogP contribution in [0.4, 0.5) is 11.4 Å². The Hall–Kier alpha value is -1.81. The molecule has 0 amide bonds. The van der Waals surface area contributed by atoms with Gasteiger partial charge in [0.05, 0.1) is 23.9 Å². The lowest BCUT2D eigenvalue weighted by Gasteiger charge is -2.22. The number of hydrogen-bond acceptors (Lipinski definition) is 4. The van der Waals surface area contributed by atoms with Crippen LogP contribution < -0.4 is 11.1 Å². The molecule has 1 fully saturated rings. The highest BCUT2D eigenvalue weighted by atomic mass is 16.5. The van der Waals surface area contributed by atoms with Crippen LogP contribution in [0.3, 0.4) is 0 Å². The van der Waals surface area contributed by atoms with Gasteiger partial charge in [0, 0.05) is 23.8 Å². The summed E-state index contributed by atoms with van der Waals surface area (Å²) >= 11 is 0. The number of pyridine rings is 1. The summed E-state index contributed by atoms with van der Waals surface area (Å²) < 4.78 is 5.94. The molecule has 21 heavy (non-hydrogen) atoms. The van der Waals surface area contributed by atoms with E-state index < -0.39 is 0 Å². The minimum atomic E-state index is 0.463. The highest BCUT2D eigenvalue weighted by Gasteiger charge is 2.13. The van der Waals surface area contributed by atoms with Crippen LogP contribution in [0.5, 0.6) is 0 Å². The molecular formula is C17H23N3O. The number of hydrogen-bond donors (Lipinski definition) is 2. The lowest BCUT2D eigenvalue weighted by atomic mass is 9.98. The fraction of sp³-hybridized carbons (Fsp3) is 0.471. The number of rotatable bonds is 5. The maximum absolute atomic E-state index is 5.96. The van der Waals surface area contributed by atoms with Gasteiger partial charge in [-0.1, -0.05) is 31.4 Å². The van der Waals surface area contributed by atoms with Crippen LogP contribution in [0.2, 0.25) is 0 Å². The van der Waals surface area contributed by atoms with Crippen molar-refractivity contribution in [3.05, 3.63) is 30.5 Å². The zero-order valence-electron chi connectivity index (χ0n) is 12.3. The Morgan fingerprint density at radius 1 is 1.19 bits per heavy atom. The standard InChI is InChI=1S/C17H23N3O/c18-15-8-4-7-14-16(9-10-20-17(14)15)19-11-12-21-13-5-2-1-3-6-13/h4,7-10,13H,1-3,5-6,11-12,18H2,(H,19,20). The summed E-state index contributed by atoms with van der Waals surface area (Å²) in [5.74, 6) is 0. The molecule has 1 aliphatic rings. The van der Waals surface area contributed by atoms with Gasteiger partial charge in [0.25, 0.3) is 0 Å². The number of nitrogens with zero attached hydrogens (tertiary/aromatic N) is 1. The van der Waals surface area contributed by atoms with Gasteiger partial charge < -0.3 is 15.8 Å². The highest BCUT2D eigenvalue weighted by Crippen LogP contribution is 2.25. The Bertz CT molecular complexity index is 594. The molecule has 3 N–H and O–H groups in total. The maximum Gasteiger partial charge on any atom is 0.0951 e. The van der Waals surface area contributed by atoms with Crippen molar-refractivity contribution in [2.24, 2.45) is 0 Å². The Kier molecular flexibility index (Phi) is 4.55. The third kappa shape index (κ3) is 3.45. The lowest BCUT2D eigenvalue weighted by Crippen LogP contribution is -2.20. The molecule has 1 aromatic carbocycles. The molecule has 4 heteroatoms. The van der Waals surface area contributed by atoms with Gasteiger partial charge in [-0.2, -0.15) is 0 Å². The SMILES string of the molecule is Nc1cccc2c(NCCOC3CCCCC3)ccnc12. The van der Waals surface area contributed by atoms with Gasteiger partial charge in [-0.3, -0.25) is 4.98 Å². The van der Waals surface area contributed by atoms with Crippen LogP contribution in [-0.2, 0) is 4.74 Å². The van der Waals surface area contributed by atoms with E-state index in [1.165, 1.54) is 32.1 Å². The molecule has 1 saturated carbocycles. The highest BCUT2D eigenvalue weighted by molar-refractivity contribution is 5.97. The molecule has 0 aliphatic heterocycles. The Labute approximate surface area is 125 Å². The number of para-hydroxylation sites is 1. The normalized spacial score (nSPS) is 16.2. The summed E-state index contributed by atoms with van der Waals surface area (Å²) in [5.41, 5.74) is 8.61. The van der Waals surface area contributed by atoms with Crippen molar-refractivity contribution in [3.63, 3.8) is 0 Å². The molecule has 0 atom stereocenters. The lowest BCUT2D eigenvalue weighted by molar-refractivity contribution is 0.0347. The van der Waals surface area contributed by atoms with E-state index in [-0.39, 0.29) is 0 Å². The van der Waals surface area contributed by atoms with E-state index in [4.69, 9.17) is 10.5 Å². The molecule has 3 rings (SSSR count). The molecule has 4 nitrogen and oxygen atoms in total. The van der Waals surface area contributed by atoms with E-state index in [1.807, 2.05) is 24.3 Å². The van der Waals surface area contributed by atoms with E-state index in [9.17, 15) is 0 Å². The summed E-state index contributed by atoms with van der Waals surface area (Å²) in [5, 5.41) is 4.50. The van der Waals surface area contributed by atoms with Crippen molar-refractivity contribution >= 4 is 22.3 Å². The zero-order chi connectivity index (χ0) is 14.5. The first kappa shape index (κ1) is 14.1. The quantitative estimate of drug-likeness (QED) is 0.651. The van der Waals surface area contributed by atoms with Crippen molar-refractivity contribution in [1.82, 2.24) is 4.98 Å². The number of anilines is 2. The average Bonchev–Trinajstić information content (AvgIpc) is 2.53. The summed E-state index contributed by atoms with van der Waals surface area (Å²) in [6.07, 6.45) is 8.68. The first-order chi connectivity index (χ1) is 10.3. The van der Waals surface area contributed by atoms with Gasteiger partial charge in [-0.15, -0.1) is 0 Å². The number of aromatic nitrogens is 1. The number of fused-ring (bicyclic) bond motifs is 1. The first-order valence-electron chi connectivity index (χ1n) is 7.83. The molecule has 0 saturated heterocycles. The summed E-state index contributed by atoms with van der Waals surface area (Å²) in [4.78, 5) is 4.35. The van der Waals surface area contributed by atoms with E-state index in [0.717, 1.165) is 35.4 Å². The fourth-order valence-electron chi connectivity index (χ4n) is 3.00. The first-order valence-corrected chi connectivity index (χ1v) is 7.83. The van der Waals surface area contributed by atoms with Crippen molar-refractivity contribution in [3.8, 4) is 0 Å². The summed E-state index contributed by atoms with van der Waals surface area (Å²) in [6.45, 7) is 1.56.